The van der Waals surface area contributed by atoms with Crippen LogP contribution in [0, 0.1) is 12.3 Å². The predicted octanol–water partition coefficient (Wildman–Crippen LogP) is 3.82. The van der Waals surface area contributed by atoms with Gasteiger partial charge >= 0.3 is 5.97 Å². The number of morpholine rings is 1. The Morgan fingerprint density at radius 3 is 2.55 bits per heavy atom. The number of aromatic nitrogens is 2. The Balaban J connectivity index is 1.98. The maximum atomic E-state index is 11.8. The zero-order valence-electron chi connectivity index (χ0n) is 17.1. The number of benzene rings is 1. The lowest BCUT2D eigenvalue weighted by molar-refractivity contribution is -0.150. The highest BCUT2D eigenvalue weighted by molar-refractivity contribution is 6.31. The second-order valence-corrected chi connectivity index (χ2v) is 8.55. The minimum atomic E-state index is -1.02. The third-order valence-electron chi connectivity index (χ3n) is 4.75. The molecular weight excluding hydrogens is 394 g/mol. The summed E-state index contributed by atoms with van der Waals surface area (Å²) < 4.78 is 11.3. The fraction of sp³-hybridized carbons (Fsp3) is 0.476. The molecule has 0 amide bonds. The number of aryl methyl sites for hydroxylation is 1. The third-order valence-corrected chi connectivity index (χ3v) is 4.98. The van der Waals surface area contributed by atoms with Crippen LogP contribution >= 0.6 is 11.6 Å². The fourth-order valence-corrected chi connectivity index (χ4v) is 3.35. The van der Waals surface area contributed by atoms with Gasteiger partial charge in [-0.1, -0.05) is 32.4 Å². The van der Waals surface area contributed by atoms with Gasteiger partial charge in [-0.05, 0) is 25.1 Å². The molecule has 1 N–H and O–H groups in total. The number of anilines is 1. The van der Waals surface area contributed by atoms with Gasteiger partial charge < -0.3 is 19.5 Å². The lowest BCUT2D eigenvalue weighted by atomic mass is 9.89. The Bertz CT molecular complexity index is 892. The molecule has 2 aromatic rings. The van der Waals surface area contributed by atoms with Crippen LogP contribution < -0.4 is 9.64 Å². The summed E-state index contributed by atoms with van der Waals surface area (Å²) in [4.78, 5) is 23.0. The van der Waals surface area contributed by atoms with E-state index in [0.717, 1.165) is 24.3 Å². The standard InChI is InChI=1S/C21H26ClN3O4/c1-13-16(12-23-20(24-13)25-7-9-28-10-8-25)15-11-14(22)5-6-17(15)29-18(19(26)27)21(2,3)4/h5-6,11-12,18H,7-10H2,1-4H3,(H,26,27). The van der Waals surface area contributed by atoms with Crippen molar-refractivity contribution in [1.82, 2.24) is 9.97 Å². The van der Waals surface area contributed by atoms with Crippen molar-refractivity contribution in [3.05, 3.63) is 35.1 Å². The highest BCUT2D eigenvalue weighted by Gasteiger charge is 2.34. The van der Waals surface area contributed by atoms with Crippen molar-refractivity contribution in [2.75, 3.05) is 31.2 Å². The maximum absolute atomic E-state index is 11.8. The lowest BCUT2D eigenvalue weighted by Gasteiger charge is -2.29. The number of hydrogen-bond acceptors (Lipinski definition) is 6. The second-order valence-electron chi connectivity index (χ2n) is 8.11. The van der Waals surface area contributed by atoms with Gasteiger partial charge in [0.05, 0.1) is 18.9 Å². The number of ether oxygens (including phenoxy) is 2. The highest BCUT2D eigenvalue weighted by atomic mass is 35.5. The minimum absolute atomic E-state index is 0.433. The van der Waals surface area contributed by atoms with E-state index < -0.39 is 17.5 Å². The van der Waals surface area contributed by atoms with E-state index in [4.69, 9.17) is 21.1 Å². The molecule has 1 atom stereocenters. The third kappa shape index (κ3) is 4.97. The van der Waals surface area contributed by atoms with Gasteiger partial charge in [0, 0.05) is 40.9 Å². The monoisotopic (exact) mass is 419 g/mol. The minimum Gasteiger partial charge on any atom is -0.478 e. The smallest absolute Gasteiger partial charge is 0.345 e. The zero-order valence-corrected chi connectivity index (χ0v) is 17.9. The van der Waals surface area contributed by atoms with Crippen LogP contribution in [0.25, 0.3) is 11.1 Å². The first-order valence-corrected chi connectivity index (χ1v) is 9.90. The van der Waals surface area contributed by atoms with E-state index in [-0.39, 0.29) is 0 Å². The Labute approximate surface area is 175 Å². The molecule has 0 radical (unpaired) electrons. The summed E-state index contributed by atoms with van der Waals surface area (Å²) in [5.41, 5.74) is 1.59. The molecule has 7 nitrogen and oxygen atoms in total. The molecule has 3 rings (SSSR count). The van der Waals surface area contributed by atoms with E-state index in [9.17, 15) is 9.90 Å². The molecule has 0 saturated carbocycles. The van der Waals surface area contributed by atoms with E-state index in [1.165, 1.54) is 0 Å². The van der Waals surface area contributed by atoms with Crippen LogP contribution in [-0.4, -0.2) is 53.5 Å². The summed E-state index contributed by atoms with van der Waals surface area (Å²) >= 11 is 6.23. The van der Waals surface area contributed by atoms with Crippen LogP contribution in [0.4, 0.5) is 5.95 Å². The molecular formula is C21H26ClN3O4. The van der Waals surface area contributed by atoms with Crippen LogP contribution in [0.15, 0.2) is 24.4 Å². The Hall–Kier alpha value is -2.38. The molecule has 1 aliphatic rings. The molecule has 1 aromatic carbocycles. The number of nitrogens with zero attached hydrogens (tertiary/aromatic N) is 3. The number of aliphatic carboxylic acids is 1. The highest BCUT2D eigenvalue weighted by Crippen LogP contribution is 2.36. The Kier molecular flexibility index (Phi) is 6.29. The van der Waals surface area contributed by atoms with Gasteiger partial charge in [0.15, 0.2) is 6.10 Å². The first-order chi connectivity index (χ1) is 13.7. The first kappa shape index (κ1) is 21.3. The summed E-state index contributed by atoms with van der Waals surface area (Å²) in [6.45, 7) is 10.2. The van der Waals surface area contributed by atoms with Crippen LogP contribution in [0.1, 0.15) is 26.5 Å². The average Bonchev–Trinajstić information content (AvgIpc) is 2.66. The van der Waals surface area contributed by atoms with Gasteiger partial charge in [-0.15, -0.1) is 0 Å². The first-order valence-electron chi connectivity index (χ1n) is 9.52. The number of rotatable bonds is 5. The van der Waals surface area contributed by atoms with Crippen LogP contribution in [0.2, 0.25) is 5.02 Å². The molecule has 1 unspecified atom stereocenters. The van der Waals surface area contributed by atoms with Crippen molar-refractivity contribution in [2.45, 2.75) is 33.8 Å². The van der Waals surface area contributed by atoms with Gasteiger partial charge in [-0.3, -0.25) is 0 Å². The molecule has 0 aliphatic carbocycles. The number of halogens is 1. The van der Waals surface area contributed by atoms with Crippen LogP contribution in [0.3, 0.4) is 0 Å². The van der Waals surface area contributed by atoms with Crippen molar-refractivity contribution in [1.29, 1.82) is 0 Å². The van der Waals surface area contributed by atoms with Gasteiger partial charge in [-0.25, -0.2) is 14.8 Å². The van der Waals surface area contributed by atoms with Gasteiger partial charge in [-0.2, -0.15) is 0 Å². The molecule has 2 heterocycles. The van der Waals surface area contributed by atoms with E-state index >= 15 is 0 Å². The number of carboxylic acid groups (broad SMARTS) is 1. The average molecular weight is 420 g/mol. The molecule has 0 spiro atoms. The molecule has 29 heavy (non-hydrogen) atoms. The zero-order chi connectivity index (χ0) is 21.2. The molecule has 0 bridgehead atoms. The molecule has 156 valence electrons. The van der Waals surface area contributed by atoms with Crippen molar-refractivity contribution < 1.29 is 19.4 Å². The number of carbonyl (C=O) groups is 1. The van der Waals surface area contributed by atoms with E-state index in [1.54, 1.807) is 24.4 Å². The topological polar surface area (TPSA) is 84.8 Å². The van der Waals surface area contributed by atoms with Crippen LogP contribution in [-0.2, 0) is 9.53 Å². The predicted molar refractivity (Wildman–Crippen MR) is 112 cm³/mol. The number of carboxylic acids is 1. The van der Waals surface area contributed by atoms with Crippen molar-refractivity contribution in [2.24, 2.45) is 5.41 Å². The summed E-state index contributed by atoms with van der Waals surface area (Å²) in [6.07, 6.45) is 0.717. The second kappa shape index (κ2) is 8.55. The Morgan fingerprint density at radius 2 is 1.97 bits per heavy atom. The van der Waals surface area contributed by atoms with Gasteiger partial charge in [0.1, 0.15) is 5.75 Å². The molecule has 1 fully saturated rings. The largest absolute Gasteiger partial charge is 0.478 e. The van der Waals surface area contributed by atoms with Crippen molar-refractivity contribution >= 4 is 23.5 Å². The SMILES string of the molecule is Cc1nc(N2CCOCC2)ncc1-c1cc(Cl)ccc1OC(C(=O)O)C(C)(C)C. The normalized spacial score (nSPS) is 15.8. The van der Waals surface area contributed by atoms with Gasteiger partial charge in [0.25, 0.3) is 0 Å². The lowest BCUT2D eigenvalue weighted by Crippen LogP contribution is -2.39. The summed E-state index contributed by atoms with van der Waals surface area (Å²) in [5.74, 6) is 0.0636. The molecule has 8 heteroatoms. The van der Waals surface area contributed by atoms with Crippen molar-refractivity contribution in [3.8, 4) is 16.9 Å². The quantitative estimate of drug-likeness (QED) is 0.788. The summed E-state index contributed by atoms with van der Waals surface area (Å²) in [5, 5.41) is 10.2. The summed E-state index contributed by atoms with van der Waals surface area (Å²) in [7, 11) is 0. The summed E-state index contributed by atoms with van der Waals surface area (Å²) in [6, 6.07) is 5.12. The Morgan fingerprint density at radius 1 is 1.28 bits per heavy atom. The molecule has 1 aliphatic heterocycles. The number of hydrogen-bond donors (Lipinski definition) is 1. The van der Waals surface area contributed by atoms with Crippen molar-refractivity contribution in [3.63, 3.8) is 0 Å². The van der Waals surface area contributed by atoms with Gasteiger partial charge in [0.2, 0.25) is 5.95 Å². The molecule has 1 aromatic heterocycles. The maximum Gasteiger partial charge on any atom is 0.345 e. The van der Waals surface area contributed by atoms with E-state index in [1.807, 2.05) is 27.7 Å². The van der Waals surface area contributed by atoms with E-state index in [0.29, 0.717) is 35.5 Å². The fourth-order valence-electron chi connectivity index (χ4n) is 3.17. The van der Waals surface area contributed by atoms with Crippen LogP contribution in [0.5, 0.6) is 5.75 Å². The van der Waals surface area contributed by atoms with E-state index in [2.05, 4.69) is 14.9 Å². The molecule has 1 saturated heterocycles.